The van der Waals surface area contributed by atoms with E-state index in [-0.39, 0.29) is 5.39 Å². The summed E-state index contributed by atoms with van der Waals surface area (Å²) in [5, 5.41) is 0.707. The molecule has 0 atom stereocenters. The lowest BCUT2D eigenvalue weighted by Crippen LogP contribution is -2.07. The number of aromatic nitrogens is 1. The van der Waals surface area contributed by atoms with Gasteiger partial charge in [0.15, 0.2) is 0 Å². The van der Waals surface area contributed by atoms with Crippen molar-refractivity contribution < 1.29 is 13.2 Å². The van der Waals surface area contributed by atoms with Crippen molar-refractivity contribution in [2.45, 2.75) is 32.4 Å². The summed E-state index contributed by atoms with van der Waals surface area (Å²) >= 11 is 0. The first-order chi connectivity index (χ1) is 11.5. The minimum atomic E-state index is -4.41. The number of benzene rings is 2. The first-order valence-corrected chi connectivity index (χ1v) is 8.05. The number of alkyl halides is 3. The summed E-state index contributed by atoms with van der Waals surface area (Å²) in [7, 11) is 0. The summed E-state index contributed by atoms with van der Waals surface area (Å²) in [6, 6.07) is 14.5. The van der Waals surface area contributed by atoms with Crippen LogP contribution in [0, 0.1) is 0 Å². The minimum Gasteiger partial charge on any atom is -0.255 e. The maximum absolute atomic E-state index is 13.2. The third-order valence-electron chi connectivity index (χ3n) is 4.15. The molecular weight excluding hydrogens is 311 g/mol. The van der Waals surface area contributed by atoms with Gasteiger partial charge in [-0.05, 0) is 23.8 Å². The van der Waals surface area contributed by atoms with Crippen molar-refractivity contribution in [1.82, 2.24) is 4.98 Å². The molecule has 0 spiro atoms. The topological polar surface area (TPSA) is 12.9 Å². The van der Waals surface area contributed by atoms with Crippen LogP contribution in [-0.2, 0) is 12.6 Å². The average molecular weight is 329 g/mol. The summed E-state index contributed by atoms with van der Waals surface area (Å²) in [5.41, 5.74) is 1.96. The van der Waals surface area contributed by atoms with Gasteiger partial charge < -0.3 is 0 Å². The average Bonchev–Trinajstić information content (AvgIpc) is 2.58. The van der Waals surface area contributed by atoms with Crippen molar-refractivity contribution in [2.24, 2.45) is 0 Å². The second-order valence-electron chi connectivity index (χ2n) is 5.86. The zero-order valence-corrected chi connectivity index (χ0v) is 13.4. The number of pyridine rings is 1. The Balaban J connectivity index is 2.07. The quantitative estimate of drug-likeness (QED) is 0.550. The van der Waals surface area contributed by atoms with Gasteiger partial charge in [0.05, 0.1) is 11.3 Å². The van der Waals surface area contributed by atoms with E-state index in [1.54, 1.807) is 18.2 Å². The van der Waals surface area contributed by atoms with E-state index in [0.717, 1.165) is 31.0 Å². The summed E-state index contributed by atoms with van der Waals surface area (Å²) in [4.78, 5) is 4.12. The fourth-order valence-electron chi connectivity index (χ4n) is 2.86. The molecule has 0 saturated heterocycles. The van der Waals surface area contributed by atoms with Crippen LogP contribution >= 0.6 is 0 Å². The molecule has 0 aliphatic rings. The molecule has 0 amide bonds. The Hall–Kier alpha value is -2.36. The molecule has 1 aromatic heterocycles. The summed E-state index contributed by atoms with van der Waals surface area (Å²) in [6.45, 7) is 2.15. The van der Waals surface area contributed by atoms with Crippen LogP contribution in [0.4, 0.5) is 13.2 Å². The molecule has 0 aliphatic heterocycles. The molecule has 0 radical (unpaired) electrons. The zero-order chi connectivity index (χ0) is 17.2. The van der Waals surface area contributed by atoms with Gasteiger partial charge in [0.25, 0.3) is 0 Å². The number of hydrogen-bond acceptors (Lipinski definition) is 1. The second kappa shape index (κ2) is 6.63. The molecule has 24 heavy (non-hydrogen) atoms. The van der Waals surface area contributed by atoms with Gasteiger partial charge in [-0.25, -0.2) is 0 Å². The fourth-order valence-corrected chi connectivity index (χ4v) is 2.86. The van der Waals surface area contributed by atoms with E-state index >= 15 is 0 Å². The molecule has 1 nitrogen and oxygen atoms in total. The van der Waals surface area contributed by atoms with Gasteiger partial charge >= 0.3 is 6.18 Å². The molecule has 3 aromatic rings. The molecule has 0 saturated carbocycles. The highest BCUT2D eigenvalue weighted by Gasteiger charge is 2.33. The van der Waals surface area contributed by atoms with Crippen LogP contribution < -0.4 is 0 Å². The maximum Gasteiger partial charge on any atom is 0.418 e. The number of fused-ring (bicyclic) bond motifs is 1. The first-order valence-electron chi connectivity index (χ1n) is 8.05. The largest absolute Gasteiger partial charge is 0.418 e. The van der Waals surface area contributed by atoms with Gasteiger partial charge in [0.2, 0.25) is 0 Å². The normalized spacial score (nSPS) is 11.8. The fraction of sp³-hybridized carbons (Fsp3) is 0.250. The van der Waals surface area contributed by atoms with Crippen LogP contribution in [0.2, 0.25) is 0 Å². The Kier molecular flexibility index (Phi) is 4.56. The number of hydrogen-bond donors (Lipinski definition) is 0. The SMILES string of the molecule is CCCCc1ccc(-c2ncc(C(F)(F)F)c3ccccc23)cc1. The van der Waals surface area contributed by atoms with Gasteiger partial charge in [-0.3, -0.25) is 4.98 Å². The summed E-state index contributed by atoms with van der Waals surface area (Å²) < 4.78 is 39.5. The standard InChI is InChI=1S/C20H18F3N/c1-2-3-6-14-9-11-15(12-10-14)19-17-8-5-4-7-16(17)18(13-24-19)20(21,22)23/h4-5,7-13H,2-3,6H2,1H3. The lowest BCUT2D eigenvalue weighted by atomic mass is 9.99. The van der Waals surface area contributed by atoms with Crippen molar-refractivity contribution in [3.63, 3.8) is 0 Å². The van der Waals surface area contributed by atoms with E-state index in [1.807, 2.05) is 24.3 Å². The van der Waals surface area contributed by atoms with E-state index in [1.165, 1.54) is 11.6 Å². The number of halogens is 3. The highest BCUT2D eigenvalue weighted by Crippen LogP contribution is 2.37. The van der Waals surface area contributed by atoms with E-state index in [4.69, 9.17) is 0 Å². The minimum absolute atomic E-state index is 0.185. The Labute approximate surface area is 139 Å². The molecule has 0 unspecified atom stereocenters. The highest BCUT2D eigenvalue weighted by molar-refractivity contribution is 5.96. The lowest BCUT2D eigenvalue weighted by Gasteiger charge is -2.13. The van der Waals surface area contributed by atoms with E-state index in [9.17, 15) is 13.2 Å². The summed E-state index contributed by atoms with van der Waals surface area (Å²) in [6.07, 6.45) is -0.205. The van der Waals surface area contributed by atoms with Crippen LogP contribution in [0.1, 0.15) is 30.9 Å². The second-order valence-corrected chi connectivity index (χ2v) is 5.86. The number of aryl methyl sites for hydroxylation is 1. The van der Waals surface area contributed by atoms with Gasteiger partial charge in [0.1, 0.15) is 0 Å². The third-order valence-corrected chi connectivity index (χ3v) is 4.15. The van der Waals surface area contributed by atoms with Crippen LogP contribution in [0.15, 0.2) is 54.7 Å². The van der Waals surface area contributed by atoms with E-state index < -0.39 is 11.7 Å². The smallest absolute Gasteiger partial charge is 0.255 e. The number of nitrogens with zero attached hydrogens (tertiary/aromatic N) is 1. The van der Waals surface area contributed by atoms with Crippen molar-refractivity contribution in [3.8, 4) is 11.3 Å². The molecular formula is C20H18F3N. The van der Waals surface area contributed by atoms with Gasteiger partial charge in [-0.15, -0.1) is 0 Å². The number of rotatable bonds is 4. The Morgan fingerprint density at radius 2 is 1.58 bits per heavy atom. The summed E-state index contributed by atoms with van der Waals surface area (Å²) in [5.74, 6) is 0. The molecule has 2 aromatic carbocycles. The Morgan fingerprint density at radius 3 is 2.21 bits per heavy atom. The van der Waals surface area contributed by atoms with Crippen LogP contribution in [-0.4, -0.2) is 4.98 Å². The predicted octanol–water partition coefficient (Wildman–Crippen LogP) is 6.26. The lowest BCUT2D eigenvalue weighted by molar-refractivity contribution is -0.136. The zero-order valence-electron chi connectivity index (χ0n) is 13.4. The molecule has 0 fully saturated rings. The molecule has 124 valence electrons. The van der Waals surface area contributed by atoms with Crippen LogP contribution in [0.5, 0.6) is 0 Å². The van der Waals surface area contributed by atoms with Gasteiger partial charge in [-0.2, -0.15) is 13.2 Å². The highest BCUT2D eigenvalue weighted by atomic mass is 19.4. The number of unbranched alkanes of at least 4 members (excludes halogenated alkanes) is 1. The monoisotopic (exact) mass is 329 g/mol. The van der Waals surface area contributed by atoms with Crippen LogP contribution in [0.25, 0.3) is 22.0 Å². The van der Waals surface area contributed by atoms with E-state index in [2.05, 4.69) is 11.9 Å². The van der Waals surface area contributed by atoms with Crippen molar-refractivity contribution >= 4 is 10.8 Å². The molecule has 0 bridgehead atoms. The maximum atomic E-state index is 13.2. The van der Waals surface area contributed by atoms with Crippen molar-refractivity contribution in [2.75, 3.05) is 0 Å². The Bertz CT molecular complexity index is 836. The van der Waals surface area contributed by atoms with Gasteiger partial charge in [0, 0.05) is 17.1 Å². The van der Waals surface area contributed by atoms with E-state index in [0.29, 0.717) is 11.1 Å². The van der Waals surface area contributed by atoms with Crippen molar-refractivity contribution in [1.29, 1.82) is 0 Å². The third kappa shape index (κ3) is 3.28. The molecule has 0 N–H and O–H groups in total. The Morgan fingerprint density at radius 1 is 0.917 bits per heavy atom. The van der Waals surface area contributed by atoms with Gasteiger partial charge in [-0.1, -0.05) is 61.9 Å². The van der Waals surface area contributed by atoms with Crippen LogP contribution in [0.3, 0.4) is 0 Å². The molecule has 0 aliphatic carbocycles. The first kappa shape index (κ1) is 16.5. The molecule has 1 heterocycles. The molecule has 4 heteroatoms. The predicted molar refractivity (Wildman–Crippen MR) is 90.8 cm³/mol. The van der Waals surface area contributed by atoms with Crippen molar-refractivity contribution in [3.05, 3.63) is 65.9 Å². The molecule has 3 rings (SSSR count).